The van der Waals surface area contributed by atoms with Crippen LogP contribution in [0.15, 0.2) is 23.1 Å². The Balaban J connectivity index is 0.00000121. The number of halogens is 1. The number of nitrogens with zero attached hydrogens (tertiary/aromatic N) is 2. The van der Waals surface area contributed by atoms with Gasteiger partial charge in [-0.05, 0) is 6.92 Å². The zero-order valence-electron chi connectivity index (χ0n) is 6.86. The zero-order chi connectivity index (χ0) is 8.27. The lowest BCUT2D eigenvalue weighted by atomic mass is 10.5. The molecule has 0 bridgehead atoms. The normalized spacial score (nSPS) is 10.9. The van der Waals surface area contributed by atoms with Gasteiger partial charge in [0.1, 0.15) is 0 Å². The molecule has 0 atom stereocenters. The van der Waals surface area contributed by atoms with Crippen LogP contribution in [-0.2, 0) is 6.54 Å². The predicted molar refractivity (Wildman–Crippen MR) is 54.2 cm³/mol. The minimum Gasteiger partial charge on any atom is -0.320 e. The van der Waals surface area contributed by atoms with E-state index >= 15 is 0 Å². The second-order valence-electron chi connectivity index (χ2n) is 2.19. The number of rotatable bonds is 2. The van der Waals surface area contributed by atoms with Crippen molar-refractivity contribution in [2.24, 2.45) is 10.9 Å². The van der Waals surface area contributed by atoms with Gasteiger partial charge in [0.25, 0.3) is 0 Å². The van der Waals surface area contributed by atoms with Crippen molar-refractivity contribution in [3.63, 3.8) is 0 Å². The molecule has 1 aromatic heterocycles. The Hall–Kier alpha value is -0.740. The summed E-state index contributed by atoms with van der Waals surface area (Å²) in [4.78, 5) is 0.836. The van der Waals surface area contributed by atoms with Crippen molar-refractivity contribution in [1.29, 1.82) is 0 Å². The zero-order valence-corrected chi connectivity index (χ0v) is 8.49. The van der Waals surface area contributed by atoms with Crippen LogP contribution in [0.4, 0.5) is 0 Å². The summed E-state index contributed by atoms with van der Waals surface area (Å²) in [5, 5.41) is 5.67. The number of nitrogens with two attached hydrogens (primary N) is 1. The summed E-state index contributed by atoms with van der Waals surface area (Å²) in [6.07, 6.45) is 1.83. The summed E-state index contributed by atoms with van der Waals surface area (Å²) in [6, 6.07) is 0. The van der Waals surface area contributed by atoms with Crippen molar-refractivity contribution in [2.45, 2.75) is 13.5 Å². The van der Waals surface area contributed by atoms with Crippen molar-refractivity contribution in [3.8, 4) is 0 Å². The quantitative estimate of drug-likeness (QED) is 0.441. The number of hydrogen-bond donors (Lipinski definition) is 1. The summed E-state index contributed by atoms with van der Waals surface area (Å²) >= 11 is 1.54. The fourth-order valence-electron chi connectivity index (χ4n) is 0.867. The second-order valence-corrected chi connectivity index (χ2v) is 3.02. The Kier molecular flexibility index (Phi) is 4.70. The first-order valence-electron chi connectivity index (χ1n) is 3.29. The molecule has 1 aromatic rings. The molecule has 0 unspecified atom stereocenters. The SMILES string of the molecule is C=CCn1c(C)csc1=NN.Cl. The first-order chi connectivity index (χ1) is 5.29. The number of hydrogen-bond acceptors (Lipinski definition) is 3. The summed E-state index contributed by atoms with van der Waals surface area (Å²) in [5.74, 6) is 5.17. The fraction of sp³-hybridized carbons (Fsp3) is 0.286. The van der Waals surface area contributed by atoms with Crippen LogP contribution in [0, 0.1) is 6.92 Å². The summed E-state index contributed by atoms with van der Waals surface area (Å²) < 4.78 is 2.01. The first-order valence-corrected chi connectivity index (χ1v) is 4.17. The highest BCUT2D eigenvalue weighted by Crippen LogP contribution is 1.98. The molecule has 5 heteroatoms. The van der Waals surface area contributed by atoms with Crippen LogP contribution >= 0.6 is 23.7 Å². The van der Waals surface area contributed by atoms with Crippen molar-refractivity contribution in [3.05, 3.63) is 28.5 Å². The van der Waals surface area contributed by atoms with Gasteiger partial charge in [0.15, 0.2) is 0 Å². The van der Waals surface area contributed by atoms with E-state index in [1.54, 1.807) is 0 Å². The van der Waals surface area contributed by atoms with Gasteiger partial charge in [-0.25, -0.2) is 0 Å². The first kappa shape index (κ1) is 11.3. The van der Waals surface area contributed by atoms with Gasteiger partial charge in [-0.2, -0.15) is 5.10 Å². The van der Waals surface area contributed by atoms with E-state index in [1.807, 2.05) is 22.9 Å². The van der Waals surface area contributed by atoms with E-state index in [-0.39, 0.29) is 12.4 Å². The van der Waals surface area contributed by atoms with Gasteiger partial charge in [-0.3, -0.25) is 0 Å². The maximum absolute atomic E-state index is 5.17. The minimum atomic E-state index is 0. The van der Waals surface area contributed by atoms with E-state index in [0.29, 0.717) is 0 Å². The van der Waals surface area contributed by atoms with E-state index in [9.17, 15) is 0 Å². The standard InChI is InChI=1S/C7H11N3S.ClH/c1-3-4-10-6(2)5-11-7(10)9-8;/h3,5H,1,4,8H2,2H3;1H. The lowest BCUT2D eigenvalue weighted by Gasteiger charge is -1.98. The van der Waals surface area contributed by atoms with Crippen LogP contribution in [-0.4, -0.2) is 4.57 Å². The van der Waals surface area contributed by atoms with Gasteiger partial charge in [0, 0.05) is 17.6 Å². The molecule has 0 aliphatic rings. The minimum absolute atomic E-state index is 0. The Bertz CT molecular complexity index is 313. The van der Waals surface area contributed by atoms with Crippen molar-refractivity contribution >= 4 is 23.7 Å². The molecular formula is C7H12ClN3S. The van der Waals surface area contributed by atoms with Gasteiger partial charge in [0.05, 0.1) is 0 Å². The lowest BCUT2D eigenvalue weighted by molar-refractivity contribution is 0.751. The third-order valence-corrected chi connectivity index (χ3v) is 2.41. The molecule has 1 rings (SSSR count). The maximum atomic E-state index is 5.17. The third-order valence-electron chi connectivity index (χ3n) is 1.41. The van der Waals surface area contributed by atoms with Crippen LogP contribution in [0.2, 0.25) is 0 Å². The van der Waals surface area contributed by atoms with Gasteiger partial charge < -0.3 is 10.4 Å². The van der Waals surface area contributed by atoms with Crippen LogP contribution in [0.1, 0.15) is 5.69 Å². The highest BCUT2D eigenvalue weighted by Gasteiger charge is 1.96. The summed E-state index contributed by atoms with van der Waals surface area (Å²) in [7, 11) is 0. The highest BCUT2D eigenvalue weighted by molar-refractivity contribution is 7.07. The highest BCUT2D eigenvalue weighted by atomic mass is 35.5. The molecule has 0 amide bonds. The van der Waals surface area contributed by atoms with Gasteiger partial charge in [-0.15, -0.1) is 30.3 Å². The molecule has 0 fully saturated rings. The summed E-state index contributed by atoms with van der Waals surface area (Å²) in [5.41, 5.74) is 1.17. The maximum Gasteiger partial charge on any atom is 0.207 e. The number of aryl methyl sites for hydroxylation is 1. The molecule has 3 nitrogen and oxygen atoms in total. The van der Waals surface area contributed by atoms with E-state index in [4.69, 9.17) is 5.84 Å². The molecule has 12 heavy (non-hydrogen) atoms. The monoisotopic (exact) mass is 205 g/mol. The average molecular weight is 206 g/mol. The molecule has 0 aromatic carbocycles. The molecule has 0 radical (unpaired) electrons. The molecular weight excluding hydrogens is 194 g/mol. The smallest absolute Gasteiger partial charge is 0.207 e. The summed E-state index contributed by atoms with van der Waals surface area (Å²) in [6.45, 7) is 6.45. The van der Waals surface area contributed by atoms with E-state index in [0.717, 1.165) is 11.3 Å². The van der Waals surface area contributed by atoms with Crippen LogP contribution < -0.4 is 10.6 Å². The molecule has 1 heterocycles. The molecule has 0 saturated carbocycles. The van der Waals surface area contributed by atoms with Crippen molar-refractivity contribution < 1.29 is 0 Å². The van der Waals surface area contributed by atoms with Gasteiger partial charge in [0.2, 0.25) is 4.80 Å². The van der Waals surface area contributed by atoms with Crippen molar-refractivity contribution in [1.82, 2.24) is 4.57 Å². The van der Waals surface area contributed by atoms with Gasteiger partial charge in [-0.1, -0.05) is 6.08 Å². The topological polar surface area (TPSA) is 43.3 Å². The Morgan fingerprint density at radius 3 is 3.00 bits per heavy atom. The second kappa shape index (κ2) is 5.00. The lowest BCUT2D eigenvalue weighted by Crippen LogP contribution is -2.16. The number of allylic oxidation sites excluding steroid dienone is 1. The Morgan fingerprint density at radius 2 is 2.50 bits per heavy atom. The number of thiazole rings is 1. The number of aromatic nitrogens is 1. The predicted octanol–water partition coefficient (Wildman–Crippen LogP) is 1.24. The van der Waals surface area contributed by atoms with Crippen LogP contribution in [0.3, 0.4) is 0 Å². The largest absolute Gasteiger partial charge is 0.320 e. The molecule has 0 aliphatic carbocycles. The molecule has 0 saturated heterocycles. The third kappa shape index (κ3) is 2.12. The fourth-order valence-corrected chi connectivity index (χ4v) is 1.68. The molecule has 0 aliphatic heterocycles. The Morgan fingerprint density at radius 1 is 1.83 bits per heavy atom. The Labute approximate surface area is 81.6 Å². The van der Waals surface area contributed by atoms with Crippen molar-refractivity contribution in [2.75, 3.05) is 0 Å². The van der Waals surface area contributed by atoms with E-state index < -0.39 is 0 Å². The van der Waals surface area contributed by atoms with Gasteiger partial charge >= 0.3 is 0 Å². The molecule has 68 valence electrons. The average Bonchev–Trinajstić information content (AvgIpc) is 2.34. The van der Waals surface area contributed by atoms with Crippen LogP contribution in [0.5, 0.6) is 0 Å². The molecule has 0 spiro atoms. The van der Waals surface area contributed by atoms with Crippen LogP contribution in [0.25, 0.3) is 0 Å². The molecule has 2 N–H and O–H groups in total. The van der Waals surface area contributed by atoms with E-state index in [1.165, 1.54) is 17.0 Å². The van der Waals surface area contributed by atoms with E-state index in [2.05, 4.69) is 11.7 Å².